The fraction of sp³-hybridized carbons (Fsp3) is 0.273. The number of phenolic OH excluding ortho intramolecular Hbond substituents is 2. The van der Waals surface area contributed by atoms with E-state index >= 15 is 0 Å². The molecular formula is C11H12BrNO5S. The Kier molecular flexibility index (Phi) is 5.49. The van der Waals surface area contributed by atoms with Crippen molar-refractivity contribution >= 4 is 39.6 Å². The van der Waals surface area contributed by atoms with Crippen LogP contribution in [0.4, 0.5) is 0 Å². The van der Waals surface area contributed by atoms with Gasteiger partial charge in [-0.3, -0.25) is 4.79 Å². The number of thioether (sulfide) groups is 1. The molecule has 104 valence electrons. The number of aromatic hydroxyl groups is 2. The average Bonchev–Trinajstić information content (AvgIpc) is 2.32. The normalized spacial score (nSPS) is 11.9. The topological polar surface area (TPSA) is 107 Å². The first-order valence-electron chi connectivity index (χ1n) is 5.16. The first-order valence-corrected chi connectivity index (χ1v) is 6.94. The number of nitrogens with one attached hydrogen (secondary N) is 1. The van der Waals surface area contributed by atoms with Crippen molar-refractivity contribution in [2.45, 2.75) is 17.9 Å². The summed E-state index contributed by atoms with van der Waals surface area (Å²) in [7, 11) is 0. The van der Waals surface area contributed by atoms with E-state index in [1.807, 2.05) is 0 Å². The molecule has 0 saturated carbocycles. The molecule has 8 heteroatoms. The van der Waals surface area contributed by atoms with Crippen LogP contribution in [-0.4, -0.2) is 39.0 Å². The van der Waals surface area contributed by atoms with Crippen LogP contribution < -0.4 is 5.32 Å². The number of amides is 1. The summed E-state index contributed by atoms with van der Waals surface area (Å²) < 4.78 is 0.282. The summed E-state index contributed by atoms with van der Waals surface area (Å²) in [5.74, 6) is -1.75. The highest BCUT2D eigenvalue weighted by Gasteiger charge is 2.20. The van der Waals surface area contributed by atoms with Gasteiger partial charge in [-0.15, -0.1) is 11.8 Å². The second-order valence-corrected chi connectivity index (χ2v) is 5.47. The van der Waals surface area contributed by atoms with Crippen LogP contribution in [0.2, 0.25) is 0 Å². The molecule has 0 fully saturated rings. The Bertz CT molecular complexity index is 508. The van der Waals surface area contributed by atoms with Crippen molar-refractivity contribution in [1.82, 2.24) is 5.32 Å². The molecule has 0 aromatic heterocycles. The standard InChI is InChI=1S/C11H12BrNO5S/c1-5(14)13-6(11(17)18)4-19-10-8(16)3-2-7(15)9(10)12/h2-3,6,15-16H,4H2,1H3,(H,13,14)(H,17,18)/t6-/m0/s1. The molecule has 6 nitrogen and oxygen atoms in total. The van der Waals surface area contributed by atoms with Crippen molar-refractivity contribution in [1.29, 1.82) is 0 Å². The maximum absolute atomic E-state index is 10.9. The molecule has 0 aliphatic carbocycles. The van der Waals surface area contributed by atoms with E-state index in [1.54, 1.807) is 0 Å². The van der Waals surface area contributed by atoms with Crippen LogP contribution in [0.3, 0.4) is 0 Å². The highest BCUT2D eigenvalue weighted by atomic mass is 79.9. The highest BCUT2D eigenvalue weighted by molar-refractivity contribution is 9.10. The Hall–Kier alpha value is -1.41. The Labute approximate surface area is 122 Å². The second-order valence-electron chi connectivity index (χ2n) is 3.65. The third-order valence-corrected chi connectivity index (χ3v) is 4.39. The van der Waals surface area contributed by atoms with E-state index in [9.17, 15) is 19.8 Å². The molecule has 1 amide bonds. The molecular weight excluding hydrogens is 338 g/mol. The summed E-state index contributed by atoms with van der Waals surface area (Å²) in [6.45, 7) is 1.22. The lowest BCUT2D eigenvalue weighted by molar-refractivity contribution is -0.140. The Morgan fingerprint density at radius 2 is 1.95 bits per heavy atom. The number of carbonyl (C=O) groups excluding carboxylic acids is 1. The van der Waals surface area contributed by atoms with Crippen molar-refractivity contribution in [3.8, 4) is 11.5 Å². The van der Waals surface area contributed by atoms with E-state index in [1.165, 1.54) is 19.1 Å². The van der Waals surface area contributed by atoms with E-state index in [0.29, 0.717) is 4.90 Å². The summed E-state index contributed by atoms with van der Waals surface area (Å²) >= 11 is 4.12. The molecule has 0 aliphatic rings. The Morgan fingerprint density at radius 1 is 1.37 bits per heavy atom. The van der Waals surface area contributed by atoms with Gasteiger partial charge in [0.1, 0.15) is 17.5 Å². The molecule has 1 aromatic rings. The van der Waals surface area contributed by atoms with Gasteiger partial charge < -0.3 is 20.6 Å². The third-order valence-electron chi connectivity index (χ3n) is 2.13. The van der Waals surface area contributed by atoms with Crippen molar-refractivity contribution in [3.63, 3.8) is 0 Å². The quantitative estimate of drug-likeness (QED) is 0.474. The lowest BCUT2D eigenvalue weighted by Gasteiger charge is -2.14. The maximum atomic E-state index is 10.9. The molecule has 0 bridgehead atoms. The predicted molar refractivity (Wildman–Crippen MR) is 73.4 cm³/mol. The average molecular weight is 350 g/mol. The zero-order valence-electron chi connectivity index (χ0n) is 9.88. The van der Waals surface area contributed by atoms with Gasteiger partial charge in [0.15, 0.2) is 0 Å². The largest absolute Gasteiger partial charge is 0.507 e. The number of carbonyl (C=O) groups is 2. The molecule has 1 rings (SSSR count). The number of carboxylic acids is 1. The molecule has 0 spiro atoms. The SMILES string of the molecule is CC(=O)N[C@@H](CSc1c(O)ccc(O)c1Br)C(=O)O. The van der Waals surface area contributed by atoms with Gasteiger partial charge >= 0.3 is 5.97 Å². The minimum absolute atomic E-state index is 0.0184. The van der Waals surface area contributed by atoms with E-state index < -0.39 is 17.9 Å². The highest BCUT2D eigenvalue weighted by Crippen LogP contribution is 2.40. The number of aliphatic carboxylic acids is 1. The zero-order chi connectivity index (χ0) is 14.6. The number of phenols is 2. The third kappa shape index (κ3) is 4.32. The van der Waals surface area contributed by atoms with Gasteiger partial charge in [-0.2, -0.15) is 0 Å². The zero-order valence-corrected chi connectivity index (χ0v) is 12.3. The van der Waals surface area contributed by atoms with Crippen molar-refractivity contribution in [2.24, 2.45) is 0 Å². The maximum Gasteiger partial charge on any atom is 0.327 e. The van der Waals surface area contributed by atoms with Gasteiger partial charge in [-0.1, -0.05) is 0 Å². The van der Waals surface area contributed by atoms with E-state index in [2.05, 4.69) is 21.2 Å². The molecule has 0 unspecified atom stereocenters. The van der Waals surface area contributed by atoms with Crippen molar-refractivity contribution < 1.29 is 24.9 Å². The van der Waals surface area contributed by atoms with Crippen LogP contribution >= 0.6 is 27.7 Å². The van der Waals surface area contributed by atoms with Crippen LogP contribution in [0.25, 0.3) is 0 Å². The number of hydrogen-bond donors (Lipinski definition) is 4. The lowest BCUT2D eigenvalue weighted by atomic mass is 10.3. The summed E-state index contributed by atoms with van der Waals surface area (Å²) in [5.41, 5.74) is 0. The fourth-order valence-corrected chi connectivity index (χ4v) is 2.94. The van der Waals surface area contributed by atoms with Crippen LogP contribution in [0.5, 0.6) is 11.5 Å². The minimum atomic E-state index is -1.17. The molecule has 0 heterocycles. The van der Waals surface area contributed by atoms with Crippen LogP contribution in [0, 0.1) is 0 Å². The Morgan fingerprint density at radius 3 is 2.47 bits per heavy atom. The summed E-state index contributed by atoms with van der Waals surface area (Å²) in [4.78, 5) is 22.1. The molecule has 19 heavy (non-hydrogen) atoms. The van der Waals surface area contributed by atoms with Gasteiger partial charge in [-0.05, 0) is 28.1 Å². The second kappa shape index (κ2) is 6.67. The molecule has 1 aromatic carbocycles. The lowest BCUT2D eigenvalue weighted by Crippen LogP contribution is -2.41. The number of hydrogen-bond acceptors (Lipinski definition) is 5. The molecule has 0 aliphatic heterocycles. The van der Waals surface area contributed by atoms with E-state index in [4.69, 9.17) is 5.11 Å². The van der Waals surface area contributed by atoms with Crippen LogP contribution in [0.1, 0.15) is 6.92 Å². The summed E-state index contributed by atoms with van der Waals surface area (Å²) in [5, 5.41) is 30.4. The van der Waals surface area contributed by atoms with Gasteiger partial charge in [0.05, 0.1) is 9.37 Å². The van der Waals surface area contributed by atoms with Gasteiger partial charge in [0, 0.05) is 12.7 Å². The number of carboxylic acid groups (broad SMARTS) is 1. The Balaban J connectivity index is 2.82. The molecule has 4 N–H and O–H groups in total. The molecule has 0 radical (unpaired) electrons. The first-order chi connectivity index (χ1) is 8.82. The van der Waals surface area contributed by atoms with Crippen molar-refractivity contribution in [3.05, 3.63) is 16.6 Å². The predicted octanol–water partition coefficient (Wildman–Crippen LogP) is 1.54. The number of benzene rings is 1. The fourth-order valence-electron chi connectivity index (χ4n) is 1.26. The monoisotopic (exact) mass is 349 g/mol. The van der Waals surface area contributed by atoms with Gasteiger partial charge in [-0.25, -0.2) is 4.79 Å². The van der Waals surface area contributed by atoms with Crippen LogP contribution in [0.15, 0.2) is 21.5 Å². The minimum Gasteiger partial charge on any atom is -0.507 e. The van der Waals surface area contributed by atoms with E-state index in [0.717, 1.165) is 11.8 Å². The first kappa shape index (κ1) is 15.6. The molecule has 1 atom stereocenters. The number of rotatable bonds is 5. The number of halogens is 1. The van der Waals surface area contributed by atoms with Gasteiger partial charge in [0.2, 0.25) is 5.91 Å². The van der Waals surface area contributed by atoms with Gasteiger partial charge in [0.25, 0.3) is 0 Å². The summed E-state index contributed by atoms with van der Waals surface area (Å²) in [6, 6.07) is 1.54. The van der Waals surface area contributed by atoms with Crippen LogP contribution in [-0.2, 0) is 9.59 Å². The smallest absolute Gasteiger partial charge is 0.327 e. The molecule has 0 saturated heterocycles. The summed E-state index contributed by atoms with van der Waals surface area (Å²) in [6.07, 6.45) is 0. The van der Waals surface area contributed by atoms with Crippen molar-refractivity contribution in [2.75, 3.05) is 5.75 Å². The van der Waals surface area contributed by atoms with E-state index in [-0.39, 0.29) is 21.7 Å².